The fourth-order valence-electron chi connectivity index (χ4n) is 9.97. The number of esters is 2. The number of Topliss-reactive ketones (excluding diaryl/α,β-unsaturated/α-hetero) is 3. The molecule has 0 amide bonds. The van der Waals surface area contributed by atoms with E-state index in [-0.39, 0.29) is 48.9 Å². The van der Waals surface area contributed by atoms with Crippen LogP contribution in [0.3, 0.4) is 0 Å². The number of hydrogen-bond acceptors (Lipinski definition) is 9. The standard InChI is InChI=1S/C37H47NO8/c1-9-12-26(40)29-22(5)18-37(46-23(6)39)31(29)30(27(41)13-10-2)36-20-44-35(8,33(37)43)34(36,7)25(21(3)4)15-16-28(36)45-32(42)24-14-11-17-38-19-24/h11,14-17,19,22,25,28-31H,3,9-10,12-13,18,20H2,1-2,4-8H3/t22-,25+,28+,29+,30-,31+,34-,35-,36-,37+/m0/s1. The molecule has 0 N–H and O–H groups in total. The van der Waals surface area contributed by atoms with E-state index in [0.717, 1.165) is 5.57 Å². The number of hydrogen-bond donors (Lipinski definition) is 0. The van der Waals surface area contributed by atoms with Crippen molar-refractivity contribution in [3.8, 4) is 0 Å². The summed E-state index contributed by atoms with van der Waals surface area (Å²) in [4.78, 5) is 75.2. The zero-order valence-corrected chi connectivity index (χ0v) is 28.1. The number of ether oxygens (including phenoxy) is 3. The van der Waals surface area contributed by atoms with E-state index in [1.807, 2.05) is 40.7 Å². The lowest BCUT2D eigenvalue weighted by Gasteiger charge is -2.58. The smallest absolute Gasteiger partial charge is 0.340 e. The van der Waals surface area contributed by atoms with Gasteiger partial charge in [0.05, 0.1) is 17.6 Å². The lowest BCUT2D eigenvalue weighted by molar-refractivity contribution is -0.189. The first-order chi connectivity index (χ1) is 21.7. The van der Waals surface area contributed by atoms with Gasteiger partial charge in [-0.3, -0.25) is 24.2 Å². The van der Waals surface area contributed by atoms with Crippen LogP contribution in [0.25, 0.3) is 0 Å². The maximum Gasteiger partial charge on any atom is 0.340 e. The molecule has 0 spiro atoms. The summed E-state index contributed by atoms with van der Waals surface area (Å²) in [6.07, 6.45) is 7.25. The van der Waals surface area contributed by atoms with Crippen molar-refractivity contribution in [2.24, 2.45) is 40.4 Å². The molecular formula is C37H47NO8. The molecule has 0 aromatic carbocycles. The summed E-state index contributed by atoms with van der Waals surface area (Å²) in [6, 6.07) is 3.24. The summed E-state index contributed by atoms with van der Waals surface area (Å²) < 4.78 is 19.2. The maximum absolute atomic E-state index is 15.4. The van der Waals surface area contributed by atoms with Crippen molar-refractivity contribution in [2.45, 2.75) is 97.9 Å². The summed E-state index contributed by atoms with van der Waals surface area (Å²) in [7, 11) is 0. The van der Waals surface area contributed by atoms with Crippen molar-refractivity contribution in [1.82, 2.24) is 4.98 Å². The van der Waals surface area contributed by atoms with Crippen molar-refractivity contribution < 1.29 is 38.2 Å². The third-order valence-electron chi connectivity index (χ3n) is 11.8. The van der Waals surface area contributed by atoms with Gasteiger partial charge in [-0.1, -0.05) is 45.9 Å². The number of rotatable bonds is 10. The summed E-state index contributed by atoms with van der Waals surface area (Å²) in [5.74, 6) is -5.55. The molecule has 2 bridgehead atoms. The second-order valence-electron chi connectivity index (χ2n) is 14.3. The zero-order chi connectivity index (χ0) is 33.8. The second kappa shape index (κ2) is 12.0. The van der Waals surface area contributed by atoms with Crippen LogP contribution >= 0.6 is 0 Å². The Balaban J connectivity index is 1.88. The molecule has 248 valence electrons. The largest absolute Gasteiger partial charge is 0.454 e. The molecule has 1 aromatic rings. The first-order valence-corrected chi connectivity index (χ1v) is 16.6. The second-order valence-corrected chi connectivity index (χ2v) is 14.3. The summed E-state index contributed by atoms with van der Waals surface area (Å²) in [5.41, 5.74) is -4.93. The normalized spacial score (nSPS) is 39.2. The minimum Gasteiger partial charge on any atom is -0.454 e. The van der Waals surface area contributed by atoms with E-state index in [1.54, 1.807) is 31.3 Å². The van der Waals surface area contributed by atoms with Crippen LogP contribution in [0.2, 0.25) is 0 Å². The van der Waals surface area contributed by atoms with Gasteiger partial charge in [-0.25, -0.2) is 4.79 Å². The maximum atomic E-state index is 15.4. The van der Waals surface area contributed by atoms with Crippen LogP contribution in [0.15, 0.2) is 48.8 Å². The lowest BCUT2D eigenvalue weighted by Crippen LogP contribution is -2.65. The number of allylic oxidation sites excluding steroid dienone is 2. The van der Waals surface area contributed by atoms with Gasteiger partial charge in [0.1, 0.15) is 23.3 Å². The summed E-state index contributed by atoms with van der Waals surface area (Å²) >= 11 is 0. The van der Waals surface area contributed by atoms with Crippen molar-refractivity contribution in [2.75, 3.05) is 6.61 Å². The Labute approximate surface area is 271 Å². The van der Waals surface area contributed by atoms with Crippen LogP contribution in [0.4, 0.5) is 0 Å². The van der Waals surface area contributed by atoms with Crippen LogP contribution in [-0.4, -0.2) is 58.2 Å². The van der Waals surface area contributed by atoms with Gasteiger partial charge >= 0.3 is 11.9 Å². The third kappa shape index (κ3) is 4.51. The molecule has 1 aliphatic heterocycles. The van der Waals surface area contributed by atoms with Crippen LogP contribution in [-0.2, 0) is 33.4 Å². The van der Waals surface area contributed by atoms with E-state index >= 15 is 4.79 Å². The number of carbonyl (C=O) groups excluding carboxylic acids is 5. The molecule has 9 nitrogen and oxygen atoms in total. The van der Waals surface area contributed by atoms with Crippen molar-refractivity contribution >= 4 is 29.3 Å². The number of nitrogens with zero attached hydrogens (tertiary/aromatic N) is 1. The van der Waals surface area contributed by atoms with E-state index in [1.165, 1.54) is 13.1 Å². The van der Waals surface area contributed by atoms with Crippen molar-refractivity contribution in [3.63, 3.8) is 0 Å². The molecule has 0 radical (unpaired) electrons. The molecule has 5 rings (SSSR count). The van der Waals surface area contributed by atoms with Gasteiger partial charge < -0.3 is 14.2 Å². The van der Waals surface area contributed by atoms with Crippen molar-refractivity contribution in [3.05, 3.63) is 54.4 Å². The molecule has 0 unspecified atom stereocenters. The minimum absolute atomic E-state index is 0.0650. The number of ketones is 3. The average Bonchev–Trinajstić information content (AvgIpc) is 3.40. The van der Waals surface area contributed by atoms with Crippen LogP contribution in [0, 0.1) is 40.4 Å². The molecule has 46 heavy (non-hydrogen) atoms. The fraction of sp³-hybridized carbons (Fsp3) is 0.622. The van der Waals surface area contributed by atoms with Crippen LogP contribution in [0.5, 0.6) is 0 Å². The van der Waals surface area contributed by atoms with Gasteiger partial charge in [0.15, 0.2) is 5.60 Å². The van der Waals surface area contributed by atoms with E-state index < -0.39 is 69.5 Å². The molecular weight excluding hydrogens is 586 g/mol. The summed E-state index contributed by atoms with van der Waals surface area (Å²) in [6.45, 7) is 16.7. The highest BCUT2D eigenvalue weighted by Gasteiger charge is 2.84. The molecule has 3 aliphatic carbocycles. The molecule has 3 fully saturated rings. The Morgan fingerprint density at radius 1 is 1.07 bits per heavy atom. The van der Waals surface area contributed by atoms with E-state index in [0.29, 0.717) is 12.8 Å². The number of pyridine rings is 1. The van der Waals surface area contributed by atoms with Gasteiger partial charge in [0.25, 0.3) is 0 Å². The molecule has 4 aliphatic rings. The lowest BCUT2D eigenvalue weighted by atomic mass is 9.43. The molecule has 9 heteroatoms. The highest BCUT2D eigenvalue weighted by Crippen LogP contribution is 2.74. The Hall–Kier alpha value is -3.46. The van der Waals surface area contributed by atoms with E-state index in [2.05, 4.69) is 11.6 Å². The van der Waals surface area contributed by atoms with Gasteiger partial charge in [-0.2, -0.15) is 0 Å². The van der Waals surface area contributed by atoms with Gasteiger partial charge in [0, 0.05) is 61.2 Å². The van der Waals surface area contributed by atoms with Gasteiger partial charge in [0.2, 0.25) is 5.78 Å². The molecule has 2 heterocycles. The quantitative estimate of drug-likeness (QED) is 0.237. The Bertz CT molecular complexity index is 1480. The Morgan fingerprint density at radius 3 is 2.33 bits per heavy atom. The predicted octanol–water partition coefficient (Wildman–Crippen LogP) is 5.66. The van der Waals surface area contributed by atoms with E-state index in [9.17, 15) is 19.2 Å². The fourth-order valence-corrected chi connectivity index (χ4v) is 9.97. The molecule has 1 aromatic heterocycles. The number of aromatic nitrogens is 1. The molecule has 2 saturated carbocycles. The third-order valence-corrected chi connectivity index (χ3v) is 11.8. The highest BCUT2D eigenvalue weighted by atomic mass is 16.6. The first-order valence-electron chi connectivity index (χ1n) is 16.6. The predicted molar refractivity (Wildman–Crippen MR) is 169 cm³/mol. The molecule has 10 atom stereocenters. The van der Waals surface area contributed by atoms with Crippen LogP contribution < -0.4 is 0 Å². The number of fused-ring (bicyclic) bond motifs is 1. The van der Waals surface area contributed by atoms with Gasteiger partial charge in [-0.15, -0.1) is 0 Å². The van der Waals surface area contributed by atoms with E-state index in [4.69, 9.17) is 14.2 Å². The Morgan fingerprint density at radius 2 is 1.74 bits per heavy atom. The van der Waals surface area contributed by atoms with Crippen molar-refractivity contribution in [1.29, 1.82) is 0 Å². The van der Waals surface area contributed by atoms with Crippen LogP contribution in [0.1, 0.15) is 90.9 Å². The average molecular weight is 634 g/mol. The molecule has 1 saturated heterocycles. The zero-order valence-electron chi connectivity index (χ0n) is 28.1. The SMILES string of the molecule is C=C(C)[C@H]1C=C[C@@H](OC(=O)c2cccnc2)[C@@]23CO[C@@](C)(C(=O)[C@@]4(OC(C)=O)C[C@H](C)[C@H](C(=O)CCC)[C@@H]4[C@@H]2C(=O)CCC)[C@]13C. The topological polar surface area (TPSA) is 126 Å². The first kappa shape index (κ1) is 33.9. The highest BCUT2D eigenvalue weighted by molar-refractivity contribution is 6.02. The summed E-state index contributed by atoms with van der Waals surface area (Å²) in [5, 5.41) is 0. The Kier molecular flexibility index (Phi) is 8.81. The minimum atomic E-state index is -1.80. The van der Waals surface area contributed by atoms with Gasteiger partial charge in [-0.05, 0) is 57.2 Å². The monoisotopic (exact) mass is 633 g/mol. The number of carbonyl (C=O) groups is 5.